The number of likely N-dealkylation sites (N-methyl/N-ethyl adjacent to an activating group) is 1. The van der Waals surface area contributed by atoms with E-state index in [4.69, 9.17) is 14.2 Å². The number of carbonyl (C=O) groups excluding carboxylic acids is 2. The summed E-state index contributed by atoms with van der Waals surface area (Å²) in [6.07, 6.45) is 7.65. The van der Waals surface area contributed by atoms with E-state index < -0.39 is 12.1 Å². The molecule has 0 heterocycles. The maximum absolute atomic E-state index is 13.8. The van der Waals surface area contributed by atoms with Gasteiger partial charge in [-0.25, -0.2) is 0 Å². The van der Waals surface area contributed by atoms with Crippen LogP contribution in [0.1, 0.15) is 74.5 Å². The molecule has 0 spiro atoms. The first-order valence-corrected chi connectivity index (χ1v) is 15.8. The molecule has 2 aromatic carbocycles. The van der Waals surface area contributed by atoms with Crippen molar-refractivity contribution < 1.29 is 34.0 Å². The van der Waals surface area contributed by atoms with E-state index in [2.05, 4.69) is 16.7 Å². The van der Waals surface area contributed by atoms with Gasteiger partial charge in [-0.05, 0) is 97.0 Å². The minimum absolute atomic E-state index is 0.0439. The van der Waals surface area contributed by atoms with E-state index in [-0.39, 0.29) is 35.5 Å². The number of nitrogens with one attached hydrogen (secondary N) is 2. The summed E-state index contributed by atoms with van der Waals surface area (Å²) in [5.74, 6) is 1.11. The van der Waals surface area contributed by atoms with Gasteiger partial charge in [-0.15, -0.1) is 0 Å². The number of carbonyl (C=O) groups is 2. The van der Waals surface area contributed by atoms with E-state index in [1.54, 1.807) is 31.4 Å². The first kappa shape index (κ1) is 33.3. The molecule has 9 nitrogen and oxygen atoms in total. The average Bonchev–Trinajstić information content (AvgIpc) is 3.12. The Hall–Kier alpha value is -3.56. The maximum atomic E-state index is 13.8. The lowest BCUT2D eigenvalue weighted by Crippen LogP contribution is -2.27. The van der Waals surface area contributed by atoms with Crippen LogP contribution in [0.2, 0.25) is 0 Å². The lowest BCUT2D eigenvalue weighted by Gasteiger charge is -2.35. The van der Waals surface area contributed by atoms with Gasteiger partial charge in [-0.2, -0.15) is 0 Å². The molecule has 0 saturated heterocycles. The van der Waals surface area contributed by atoms with Crippen molar-refractivity contribution >= 4 is 17.3 Å². The molecule has 0 amide bonds. The third kappa shape index (κ3) is 8.54. The number of ketones is 1. The van der Waals surface area contributed by atoms with Gasteiger partial charge in [0.1, 0.15) is 11.9 Å². The van der Waals surface area contributed by atoms with E-state index in [0.29, 0.717) is 43.2 Å². The van der Waals surface area contributed by atoms with Crippen molar-refractivity contribution in [2.75, 3.05) is 40.9 Å². The second-order valence-electron chi connectivity index (χ2n) is 12.0. The number of phenols is 2. The van der Waals surface area contributed by atoms with Crippen LogP contribution in [-0.4, -0.2) is 69.0 Å². The van der Waals surface area contributed by atoms with Gasteiger partial charge < -0.3 is 35.1 Å². The number of rotatable bonds is 15. The Bertz CT molecular complexity index is 1320. The van der Waals surface area contributed by atoms with Crippen molar-refractivity contribution in [1.82, 2.24) is 10.6 Å². The molecule has 2 aliphatic rings. The molecule has 2 aromatic rings. The summed E-state index contributed by atoms with van der Waals surface area (Å²) in [6.45, 7) is 3.70. The van der Waals surface area contributed by atoms with Crippen LogP contribution in [0.5, 0.6) is 23.0 Å². The first-order valence-electron chi connectivity index (χ1n) is 15.8. The van der Waals surface area contributed by atoms with E-state index in [1.807, 2.05) is 13.1 Å². The van der Waals surface area contributed by atoms with Crippen LogP contribution in [-0.2, 0) is 20.7 Å². The van der Waals surface area contributed by atoms with Crippen molar-refractivity contribution in [2.45, 2.75) is 70.3 Å². The third-order valence-corrected chi connectivity index (χ3v) is 9.01. The van der Waals surface area contributed by atoms with Gasteiger partial charge in [0, 0.05) is 39.4 Å². The number of Topliss-reactive ketones (excluding diaryl/α,β-unsaturated/α-hetero) is 1. The lowest BCUT2D eigenvalue weighted by atomic mass is 9.69. The molecular weight excluding hydrogens is 560 g/mol. The molecule has 44 heavy (non-hydrogen) atoms. The predicted molar refractivity (Wildman–Crippen MR) is 170 cm³/mol. The van der Waals surface area contributed by atoms with Gasteiger partial charge in [-0.1, -0.05) is 25.0 Å². The van der Waals surface area contributed by atoms with Crippen LogP contribution in [0.15, 0.2) is 36.4 Å². The summed E-state index contributed by atoms with van der Waals surface area (Å²) in [5, 5.41) is 27.4. The molecule has 0 radical (unpaired) electrons. The van der Waals surface area contributed by atoms with Crippen molar-refractivity contribution in [3.63, 3.8) is 0 Å². The van der Waals surface area contributed by atoms with Gasteiger partial charge in [0.05, 0.1) is 14.2 Å². The van der Waals surface area contributed by atoms with Crippen molar-refractivity contribution in [3.8, 4) is 23.0 Å². The Morgan fingerprint density at radius 1 is 1.00 bits per heavy atom. The highest BCUT2D eigenvalue weighted by atomic mass is 16.5. The fraction of sp³-hybridized carbons (Fsp3) is 0.543. The van der Waals surface area contributed by atoms with E-state index >= 15 is 0 Å². The number of hydrogen-bond acceptors (Lipinski definition) is 9. The second-order valence-corrected chi connectivity index (χ2v) is 12.0. The SMILES string of the molecule is CNCCNCC1=C[C@H]2CCCC[C@@H]2[C@H](CC(=O)C[C@@H](CCc2ccc(O)c(OC)c2)OC(C)=O)c2cc(OC)c(O)cc21. The summed E-state index contributed by atoms with van der Waals surface area (Å²) in [7, 11) is 4.97. The minimum Gasteiger partial charge on any atom is -0.504 e. The van der Waals surface area contributed by atoms with Crippen molar-refractivity contribution in [3.05, 3.63) is 53.1 Å². The molecule has 0 unspecified atom stereocenters. The Morgan fingerprint density at radius 3 is 2.48 bits per heavy atom. The standard InChI is InChI=1S/C35H48N2O7/c1-22(38)44-27(11-9-23-10-12-32(40)34(15-23)42-3)17-26(39)18-30-28-8-6-5-7-24(28)16-25(21-37-14-13-36-2)29-19-33(41)35(43-4)20-31(29)30/h10,12,15-16,19-20,24,27-28,30,36-37,40-41H,5-9,11,13-14,17-18,21H2,1-4H3/t24-,27-,28+,30+/m1/s1. The molecule has 4 N–H and O–H groups in total. The van der Waals surface area contributed by atoms with Gasteiger partial charge in [0.2, 0.25) is 0 Å². The van der Waals surface area contributed by atoms with Gasteiger partial charge in [0.25, 0.3) is 0 Å². The zero-order valence-electron chi connectivity index (χ0n) is 26.5. The van der Waals surface area contributed by atoms with E-state index in [0.717, 1.165) is 61.0 Å². The number of methoxy groups -OCH3 is 2. The van der Waals surface area contributed by atoms with Crippen LogP contribution in [0.4, 0.5) is 0 Å². The minimum atomic E-state index is -0.563. The third-order valence-electron chi connectivity index (χ3n) is 9.01. The number of hydrogen-bond donors (Lipinski definition) is 4. The zero-order chi connectivity index (χ0) is 31.6. The molecular formula is C35H48N2O7. The van der Waals surface area contributed by atoms with Gasteiger partial charge in [0.15, 0.2) is 23.0 Å². The zero-order valence-corrected chi connectivity index (χ0v) is 26.5. The summed E-state index contributed by atoms with van der Waals surface area (Å²) < 4.78 is 16.4. The fourth-order valence-corrected chi connectivity index (χ4v) is 6.88. The van der Waals surface area contributed by atoms with E-state index in [9.17, 15) is 19.8 Å². The molecule has 240 valence electrons. The lowest BCUT2D eigenvalue weighted by molar-refractivity contribution is -0.147. The Kier molecular flexibility index (Phi) is 12.1. The molecule has 0 aromatic heterocycles. The number of ether oxygens (including phenoxy) is 3. The number of aryl methyl sites for hydroxylation is 1. The Labute approximate surface area is 261 Å². The van der Waals surface area contributed by atoms with Gasteiger partial charge in [-0.3, -0.25) is 9.59 Å². The van der Waals surface area contributed by atoms with Gasteiger partial charge >= 0.3 is 5.97 Å². The van der Waals surface area contributed by atoms with Crippen molar-refractivity contribution in [1.29, 1.82) is 0 Å². The van der Waals surface area contributed by atoms with E-state index in [1.165, 1.54) is 14.0 Å². The molecule has 4 atom stereocenters. The molecule has 2 aliphatic carbocycles. The molecule has 1 saturated carbocycles. The summed E-state index contributed by atoms with van der Waals surface area (Å²) in [6, 6.07) is 8.85. The van der Waals surface area contributed by atoms with Crippen LogP contribution >= 0.6 is 0 Å². The summed E-state index contributed by atoms with van der Waals surface area (Å²) in [4.78, 5) is 25.8. The average molecular weight is 609 g/mol. The topological polar surface area (TPSA) is 126 Å². The molecule has 1 fully saturated rings. The van der Waals surface area contributed by atoms with Crippen LogP contribution in [0.3, 0.4) is 0 Å². The highest BCUT2D eigenvalue weighted by Crippen LogP contribution is 2.50. The highest BCUT2D eigenvalue weighted by molar-refractivity contribution is 5.82. The number of fused-ring (bicyclic) bond motifs is 2. The first-order chi connectivity index (χ1) is 21.2. The monoisotopic (exact) mass is 608 g/mol. The normalized spacial score (nSPS) is 20.0. The van der Waals surface area contributed by atoms with Crippen LogP contribution in [0.25, 0.3) is 5.57 Å². The highest BCUT2D eigenvalue weighted by Gasteiger charge is 2.38. The molecule has 0 bridgehead atoms. The smallest absolute Gasteiger partial charge is 0.302 e. The largest absolute Gasteiger partial charge is 0.504 e. The summed E-state index contributed by atoms with van der Waals surface area (Å²) >= 11 is 0. The van der Waals surface area contributed by atoms with Crippen LogP contribution in [0, 0.1) is 11.8 Å². The quantitative estimate of drug-likeness (QED) is 0.161. The second kappa shape index (κ2) is 16.0. The fourth-order valence-electron chi connectivity index (χ4n) is 6.88. The number of allylic oxidation sites excluding steroid dienone is 1. The number of esters is 1. The molecule has 9 heteroatoms. The van der Waals surface area contributed by atoms with Crippen LogP contribution < -0.4 is 20.1 Å². The predicted octanol–water partition coefficient (Wildman–Crippen LogP) is 5.12. The number of benzene rings is 2. The number of aromatic hydroxyl groups is 2. The molecule has 4 rings (SSSR count). The van der Waals surface area contributed by atoms with Crippen molar-refractivity contribution in [2.24, 2.45) is 11.8 Å². The number of phenolic OH excluding ortho intramolecular Hbond substituents is 2. The Morgan fingerprint density at radius 2 is 1.75 bits per heavy atom. The molecule has 0 aliphatic heterocycles. The summed E-state index contributed by atoms with van der Waals surface area (Å²) in [5.41, 5.74) is 4.05. The Balaban J connectivity index is 1.58. The maximum Gasteiger partial charge on any atom is 0.302 e.